The normalized spacial score (nSPS) is 12.2. The van der Waals surface area contributed by atoms with E-state index in [9.17, 15) is 4.79 Å². The van der Waals surface area contributed by atoms with Gasteiger partial charge in [0.05, 0.1) is 6.04 Å². The Morgan fingerprint density at radius 1 is 1.23 bits per heavy atom. The van der Waals surface area contributed by atoms with Crippen LogP contribution in [0.1, 0.15) is 45.7 Å². The van der Waals surface area contributed by atoms with E-state index in [0.717, 1.165) is 12.0 Å². The summed E-state index contributed by atoms with van der Waals surface area (Å²) in [6.07, 6.45) is 0.830. The highest BCUT2D eigenvalue weighted by molar-refractivity contribution is 7.99. The molecule has 4 nitrogen and oxygen atoms in total. The van der Waals surface area contributed by atoms with Crippen LogP contribution in [-0.2, 0) is 4.74 Å². The van der Waals surface area contributed by atoms with E-state index in [1.54, 1.807) is 0 Å². The molecule has 1 atom stereocenters. The maximum absolute atomic E-state index is 11.8. The van der Waals surface area contributed by atoms with Gasteiger partial charge in [0.15, 0.2) is 0 Å². The van der Waals surface area contributed by atoms with Crippen LogP contribution < -0.4 is 10.6 Å². The maximum Gasteiger partial charge on any atom is 0.315 e. The van der Waals surface area contributed by atoms with Crippen molar-refractivity contribution in [1.29, 1.82) is 0 Å². The molecular weight excluding hydrogens is 296 g/mol. The molecule has 1 aromatic rings. The Labute approximate surface area is 138 Å². The second-order valence-corrected chi connectivity index (χ2v) is 7.06. The Bertz CT molecular complexity index is 435. The van der Waals surface area contributed by atoms with E-state index < -0.39 is 0 Å². The minimum atomic E-state index is -0.135. The fraction of sp³-hybridized carbons (Fsp3) is 0.588. The Kier molecular flexibility index (Phi) is 9.01. The molecule has 0 aliphatic heterocycles. The molecule has 22 heavy (non-hydrogen) atoms. The Morgan fingerprint density at radius 3 is 2.50 bits per heavy atom. The highest BCUT2D eigenvalue weighted by Gasteiger charge is 2.09. The van der Waals surface area contributed by atoms with Crippen LogP contribution in [0.4, 0.5) is 4.79 Å². The number of carbonyl (C=O) groups is 1. The van der Waals surface area contributed by atoms with E-state index in [4.69, 9.17) is 4.74 Å². The average Bonchev–Trinajstić information content (AvgIpc) is 2.47. The van der Waals surface area contributed by atoms with Crippen molar-refractivity contribution in [3.63, 3.8) is 0 Å². The average molecular weight is 324 g/mol. The lowest BCUT2D eigenvalue weighted by Gasteiger charge is -2.16. The van der Waals surface area contributed by atoms with E-state index in [1.807, 2.05) is 25.6 Å². The minimum absolute atomic E-state index is 0.00927. The lowest BCUT2D eigenvalue weighted by atomic mass is 10.1. The van der Waals surface area contributed by atoms with Gasteiger partial charge in [-0.15, -0.1) is 11.8 Å². The van der Waals surface area contributed by atoms with E-state index in [-0.39, 0.29) is 12.1 Å². The first-order valence-corrected chi connectivity index (χ1v) is 8.79. The van der Waals surface area contributed by atoms with Gasteiger partial charge in [0, 0.05) is 29.9 Å². The van der Waals surface area contributed by atoms with Crippen molar-refractivity contribution in [3.05, 3.63) is 29.8 Å². The molecule has 0 aliphatic carbocycles. The third kappa shape index (κ3) is 7.71. The van der Waals surface area contributed by atoms with Crippen LogP contribution in [0.2, 0.25) is 0 Å². The lowest BCUT2D eigenvalue weighted by molar-refractivity contribution is 0.145. The number of amides is 2. The molecular formula is C17H28N2O2S. The molecule has 0 heterocycles. The van der Waals surface area contributed by atoms with Gasteiger partial charge in [-0.2, -0.15) is 0 Å². The standard InChI is InChI=1S/C17H28N2O2S/c1-5-21-12-6-11-18-17(20)19-14(4)15-7-9-16(10-8-15)22-13(2)3/h7-10,13-14H,5-6,11-12H2,1-4H3,(H2,18,19,20). The summed E-state index contributed by atoms with van der Waals surface area (Å²) in [6.45, 7) is 10.3. The Morgan fingerprint density at radius 2 is 1.91 bits per heavy atom. The minimum Gasteiger partial charge on any atom is -0.382 e. The zero-order chi connectivity index (χ0) is 16.4. The molecule has 0 saturated carbocycles. The molecule has 1 unspecified atom stereocenters. The van der Waals surface area contributed by atoms with Gasteiger partial charge in [-0.05, 0) is 38.0 Å². The fourth-order valence-electron chi connectivity index (χ4n) is 1.96. The summed E-state index contributed by atoms with van der Waals surface area (Å²) in [5.74, 6) is 0. The number of nitrogens with one attached hydrogen (secondary N) is 2. The first kappa shape index (κ1) is 18.8. The molecule has 1 aromatic carbocycles. The number of benzene rings is 1. The molecule has 0 spiro atoms. The Balaban J connectivity index is 2.34. The van der Waals surface area contributed by atoms with Crippen LogP contribution in [0.5, 0.6) is 0 Å². The predicted octanol–water partition coefficient (Wildman–Crippen LogP) is 3.97. The van der Waals surface area contributed by atoms with Crippen LogP contribution in [0.25, 0.3) is 0 Å². The van der Waals surface area contributed by atoms with Gasteiger partial charge in [-0.25, -0.2) is 4.79 Å². The van der Waals surface area contributed by atoms with Gasteiger partial charge in [0.2, 0.25) is 0 Å². The summed E-state index contributed by atoms with van der Waals surface area (Å²) in [4.78, 5) is 13.1. The van der Waals surface area contributed by atoms with Gasteiger partial charge in [0.25, 0.3) is 0 Å². The van der Waals surface area contributed by atoms with Crippen LogP contribution in [0.15, 0.2) is 29.2 Å². The monoisotopic (exact) mass is 324 g/mol. The summed E-state index contributed by atoms with van der Waals surface area (Å²) in [7, 11) is 0. The fourth-order valence-corrected chi connectivity index (χ4v) is 2.80. The second-order valence-electron chi connectivity index (χ2n) is 5.41. The zero-order valence-corrected chi connectivity index (χ0v) is 14.8. The first-order chi connectivity index (χ1) is 10.5. The Hall–Kier alpha value is -1.20. The number of rotatable bonds is 9. The number of thioether (sulfide) groups is 1. The van der Waals surface area contributed by atoms with Crippen molar-refractivity contribution >= 4 is 17.8 Å². The van der Waals surface area contributed by atoms with Crippen molar-refractivity contribution in [2.75, 3.05) is 19.8 Å². The van der Waals surface area contributed by atoms with Crippen molar-refractivity contribution in [3.8, 4) is 0 Å². The predicted molar refractivity (Wildman–Crippen MR) is 93.5 cm³/mol. The van der Waals surface area contributed by atoms with E-state index >= 15 is 0 Å². The van der Waals surface area contributed by atoms with Gasteiger partial charge in [-0.1, -0.05) is 26.0 Å². The van der Waals surface area contributed by atoms with Crippen LogP contribution in [-0.4, -0.2) is 31.0 Å². The topological polar surface area (TPSA) is 50.4 Å². The molecule has 1 rings (SSSR count). The molecule has 0 saturated heterocycles. The molecule has 0 radical (unpaired) electrons. The molecule has 0 aromatic heterocycles. The smallest absolute Gasteiger partial charge is 0.315 e. The molecule has 2 amide bonds. The number of ether oxygens (including phenoxy) is 1. The molecule has 0 aliphatic rings. The van der Waals surface area contributed by atoms with Crippen LogP contribution >= 0.6 is 11.8 Å². The molecule has 124 valence electrons. The van der Waals surface area contributed by atoms with E-state index in [0.29, 0.717) is 25.0 Å². The largest absolute Gasteiger partial charge is 0.382 e. The summed E-state index contributed by atoms with van der Waals surface area (Å²) in [6, 6.07) is 8.22. The highest BCUT2D eigenvalue weighted by Crippen LogP contribution is 2.24. The summed E-state index contributed by atoms with van der Waals surface area (Å²) in [5, 5.41) is 6.37. The van der Waals surface area contributed by atoms with Crippen LogP contribution in [0, 0.1) is 0 Å². The number of carbonyl (C=O) groups excluding carboxylic acids is 1. The van der Waals surface area contributed by atoms with Gasteiger partial charge < -0.3 is 15.4 Å². The quantitative estimate of drug-likeness (QED) is 0.534. The van der Waals surface area contributed by atoms with Crippen molar-refractivity contribution in [2.45, 2.75) is 50.3 Å². The maximum atomic E-state index is 11.8. The van der Waals surface area contributed by atoms with Gasteiger partial charge in [-0.3, -0.25) is 0 Å². The van der Waals surface area contributed by atoms with E-state index in [1.165, 1.54) is 4.90 Å². The molecule has 0 bridgehead atoms. The summed E-state index contributed by atoms with van der Waals surface area (Å²) in [5.41, 5.74) is 1.11. The molecule has 2 N–H and O–H groups in total. The number of urea groups is 1. The van der Waals surface area contributed by atoms with Crippen molar-refractivity contribution < 1.29 is 9.53 Å². The number of hydrogen-bond acceptors (Lipinski definition) is 3. The third-order valence-corrected chi connectivity index (χ3v) is 4.07. The van der Waals surface area contributed by atoms with Crippen molar-refractivity contribution in [1.82, 2.24) is 10.6 Å². The van der Waals surface area contributed by atoms with Crippen LogP contribution in [0.3, 0.4) is 0 Å². The highest BCUT2D eigenvalue weighted by atomic mass is 32.2. The summed E-state index contributed by atoms with van der Waals surface area (Å²) >= 11 is 1.84. The first-order valence-electron chi connectivity index (χ1n) is 7.91. The molecule has 5 heteroatoms. The lowest BCUT2D eigenvalue weighted by Crippen LogP contribution is -2.37. The molecule has 0 fully saturated rings. The SMILES string of the molecule is CCOCCCNC(=O)NC(C)c1ccc(SC(C)C)cc1. The third-order valence-electron chi connectivity index (χ3n) is 3.05. The number of hydrogen-bond donors (Lipinski definition) is 2. The van der Waals surface area contributed by atoms with Gasteiger partial charge >= 0.3 is 6.03 Å². The van der Waals surface area contributed by atoms with E-state index in [2.05, 4.69) is 48.7 Å². The zero-order valence-electron chi connectivity index (χ0n) is 14.0. The van der Waals surface area contributed by atoms with Gasteiger partial charge in [0.1, 0.15) is 0 Å². The second kappa shape index (κ2) is 10.5. The van der Waals surface area contributed by atoms with Crippen molar-refractivity contribution in [2.24, 2.45) is 0 Å². The summed E-state index contributed by atoms with van der Waals surface area (Å²) < 4.78 is 5.23.